The topological polar surface area (TPSA) is 58.5 Å². The zero-order valence-electron chi connectivity index (χ0n) is 17.8. The summed E-state index contributed by atoms with van der Waals surface area (Å²) in [7, 11) is 0. The average Bonchev–Trinajstić information content (AvgIpc) is 3.04. The molecule has 164 valence electrons. The van der Waals surface area contributed by atoms with E-state index in [0.717, 1.165) is 48.1 Å². The van der Waals surface area contributed by atoms with Crippen LogP contribution in [0.3, 0.4) is 0 Å². The van der Waals surface area contributed by atoms with E-state index in [1.165, 1.54) is 17.7 Å². The van der Waals surface area contributed by atoms with Gasteiger partial charge in [-0.25, -0.2) is 9.37 Å². The van der Waals surface area contributed by atoms with Crippen molar-refractivity contribution in [3.8, 4) is 5.75 Å². The number of rotatable bonds is 7. The first-order valence-electron chi connectivity index (χ1n) is 10.7. The van der Waals surface area contributed by atoms with Gasteiger partial charge in [0.2, 0.25) is 0 Å². The Hall–Kier alpha value is -2.35. The molecule has 3 aromatic rings. The average molecular weight is 442 g/mol. The van der Waals surface area contributed by atoms with E-state index in [1.807, 2.05) is 19.2 Å². The van der Waals surface area contributed by atoms with Crippen molar-refractivity contribution in [1.82, 2.24) is 14.9 Å². The number of aryl methyl sites for hydroxylation is 1. The maximum Gasteiger partial charge on any atom is 0.125 e. The number of halogens is 1. The summed E-state index contributed by atoms with van der Waals surface area (Å²) in [5, 5.41) is 12.2. The molecule has 5 nitrogen and oxygen atoms in total. The van der Waals surface area contributed by atoms with Gasteiger partial charge >= 0.3 is 0 Å². The minimum absolute atomic E-state index is 0.272. The van der Waals surface area contributed by atoms with E-state index in [-0.39, 0.29) is 5.82 Å². The minimum Gasteiger partial charge on any atom is -0.493 e. The van der Waals surface area contributed by atoms with Gasteiger partial charge in [-0.15, -0.1) is 11.3 Å². The molecule has 0 saturated carbocycles. The zero-order chi connectivity index (χ0) is 21.7. The highest BCUT2D eigenvalue weighted by molar-refractivity contribution is 7.11. The number of pyridine rings is 1. The van der Waals surface area contributed by atoms with Gasteiger partial charge in [0.1, 0.15) is 22.2 Å². The Kier molecular flexibility index (Phi) is 6.95. The molecule has 31 heavy (non-hydrogen) atoms. The molecule has 1 N–H and O–H groups in total. The number of aliphatic hydroxyl groups is 1. The lowest BCUT2D eigenvalue weighted by atomic mass is 9.96. The summed E-state index contributed by atoms with van der Waals surface area (Å²) in [4.78, 5) is 12.4. The molecule has 1 aromatic carbocycles. The van der Waals surface area contributed by atoms with Gasteiger partial charge < -0.3 is 9.84 Å². The summed E-state index contributed by atoms with van der Waals surface area (Å²) in [6.07, 6.45) is 6.72. The van der Waals surface area contributed by atoms with E-state index in [9.17, 15) is 9.50 Å². The van der Waals surface area contributed by atoms with Crippen molar-refractivity contribution in [3.05, 3.63) is 75.8 Å². The Labute approximate surface area is 186 Å². The molecule has 3 heterocycles. The van der Waals surface area contributed by atoms with Gasteiger partial charge in [0, 0.05) is 36.8 Å². The van der Waals surface area contributed by atoms with Crippen LogP contribution < -0.4 is 4.74 Å². The van der Waals surface area contributed by atoms with E-state index in [0.29, 0.717) is 25.2 Å². The molecule has 0 bridgehead atoms. The Bertz CT molecular complexity index is 980. The number of benzene rings is 1. The van der Waals surface area contributed by atoms with E-state index in [1.54, 1.807) is 29.7 Å². The van der Waals surface area contributed by atoms with Crippen LogP contribution in [0.1, 0.15) is 40.4 Å². The van der Waals surface area contributed by atoms with Crippen LogP contribution in [0.15, 0.2) is 48.8 Å². The minimum atomic E-state index is -0.880. The first-order chi connectivity index (χ1) is 15.0. The van der Waals surface area contributed by atoms with Crippen molar-refractivity contribution >= 4 is 11.3 Å². The second-order valence-electron chi connectivity index (χ2n) is 8.10. The van der Waals surface area contributed by atoms with Crippen molar-refractivity contribution in [3.63, 3.8) is 0 Å². The third-order valence-electron chi connectivity index (χ3n) is 5.74. The standard InChI is InChI=1S/C24H28FN3O2S/c1-18-22(9-15-30-21-7-5-20(25)6-8-21)31-23(27-18)24(29)10-3-13-28(14-11-24)17-19-4-2-12-26-16-19/h2,4-8,12,16,29H,3,9-11,13-15,17H2,1H3/t24-/m0/s1. The fourth-order valence-electron chi connectivity index (χ4n) is 3.95. The first kappa shape index (κ1) is 21.9. The summed E-state index contributed by atoms with van der Waals surface area (Å²) in [5.41, 5.74) is 1.27. The molecule has 1 saturated heterocycles. The van der Waals surface area contributed by atoms with Crippen LogP contribution in [0.2, 0.25) is 0 Å². The molecule has 2 aromatic heterocycles. The Morgan fingerprint density at radius 3 is 2.81 bits per heavy atom. The highest BCUT2D eigenvalue weighted by atomic mass is 32.1. The summed E-state index contributed by atoms with van der Waals surface area (Å²) in [6.45, 7) is 5.12. The summed E-state index contributed by atoms with van der Waals surface area (Å²) >= 11 is 1.59. The molecule has 0 unspecified atom stereocenters. The maximum absolute atomic E-state index is 13.0. The van der Waals surface area contributed by atoms with Crippen LogP contribution in [0, 0.1) is 12.7 Å². The number of hydrogen-bond acceptors (Lipinski definition) is 6. The van der Waals surface area contributed by atoms with Crippen molar-refractivity contribution in [1.29, 1.82) is 0 Å². The van der Waals surface area contributed by atoms with Crippen molar-refractivity contribution in [2.24, 2.45) is 0 Å². The highest BCUT2D eigenvalue weighted by Crippen LogP contribution is 2.37. The lowest BCUT2D eigenvalue weighted by Gasteiger charge is -2.24. The second kappa shape index (κ2) is 9.85. The largest absolute Gasteiger partial charge is 0.493 e. The third kappa shape index (κ3) is 5.67. The van der Waals surface area contributed by atoms with Gasteiger partial charge in [0.15, 0.2) is 0 Å². The SMILES string of the molecule is Cc1nc([C@]2(O)CCCN(Cc3cccnc3)CC2)sc1CCOc1ccc(F)cc1. The fraction of sp³-hybridized carbons (Fsp3) is 0.417. The second-order valence-corrected chi connectivity index (χ2v) is 9.19. The zero-order valence-corrected chi connectivity index (χ0v) is 18.6. The summed E-state index contributed by atoms with van der Waals surface area (Å²) in [5.74, 6) is 0.380. The van der Waals surface area contributed by atoms with Crippen LogP contribution in [0.4, 0.5) is 4.39 Å². The molecule has 4 rings (SSSR count). The molecule has 1 aliphatic rings. The molecular formula is C24H28FN3O2S. The Morgan fingerprint density at radius 1 is 1.19 bits per heavy atom. The lowest BCUT2D eigenvalue weighted by molar-refractivity contribution is 0.0207. The number of ether oxygens (including phenoxy) is 1. The van der Waals surface area contributed by atoms with Gasteiger partial charge in [-0.05, 0) is 68.6 Å². The maximum atomic E-state index is 13.0. The predicted molar refractivity (Wildman–Crippen MR) is 120 cm³/mol. The van der Waals surface area contributed by atoms with Gasteiger partial charge in [-0.1, -0.05) is 6.07 Å². The lowest BCUT2D eigenvalue weighted by Crippen LogP contribution is -2.29. The molecule has 7 heteroatoms. The molecule has 0 radical (unpaired) electrons. The third-order valence-corrected chi connectivity index (χ3v) is 7.15. The van der Waals surface area contributed by atoms with Gasteiger partial charge in [0.05, 0.1) is 12.3 Å². The van der Waals surface area contributed by atoms with Gasteiger partial charge in [0.25, 0.3) is 0 Å². The fourth-order valence-corrected chi connectivity index (χ4v) is 5.14. The first-order valence-corrected chi connectivity index (χ1v) is 11.5. The molecule has 0 amide bonds. The molecule has 1 fully saturated rings. The summed E-state index contributed by atoms with van der Waals surface area (Å²) in [6, 6.07) is 10.1. The number of nitrogens with zero attached hydrogens (tertiary/aromatic N) is 3. The van der Waals surface area contributed by atoms with E-state index in [2.05, 4.69) is 16.0 Å². The molecular weight excluding hydrogens is 413 g/mol. The van der Waals surface area contributed by atoms with Crippen LogP contribution >= 0.6 is 11.3 Å². The summed E-state index contributed by atoms with van der Waals surface area (Å²) < 4.78 is 18.7. The predicted octanol–water partition coefficient (Wildman–Crippen LogP) is 4.48. The van der Waals surface area contributed by atoms with E-state index < -0.39 is 5.60 Å². The van der Waals surface area contributed by atoms with Crippen LogP contribution in [0.25, 0.3) is 0 Å². The van der Waals surface area contributed by atoms with Crippen LogP contribution in [-0.2, 0) is 18.6 Å². The van der Waals surface area contributed by atoms with Gasteiger partial charge in [-0.3, -0.25) is 9.88 Å². The molecule has 0 spiro atoms. The van der Waals surface area contributed by atoms with Crippen molar-refractivity contribution in [2.45, 2.75) is 44.8 Å². The van der Waals surface area contributed by atoms with Crippen molar-refractivity contribution < 1.29 is 14.2 Å². The van der Waals surface area contributed by atoms with Gasteiger partial charge in [-0.2, -0.15) is 0 Å². The quantitative estimate of drug-likeness (QED) is 0.586. The number of likely N-dealkylation sites (tertiary alicyclic amines) is 1. The Balaban J connectivity index is 1.35. The number of aromatic nitrogens is 2. The molecule has 1 aliphatic heterocycles. The van der Waals surface area contributed by atoms with E-state index >= 15 is 0 Å². The van der Waals surface area contributed by atoms with Crippen molar-refractivity contribution in [2.75, 3.05) is 19.7 Å². The monoisotopic (exact) mass is 441 g/mol. The molecule has 1 atom stereocenters. The number of thiazole rings is 1. The molecule has 0 aliphatic carbocycles. The smallest absolute Gasteiger partial charge is 0.125 e. The normalized spacial score (nSPS) is 19.8. The van der Waals surface area contributed by atoms with Crippen LogP contribution in [-0.4, -0.2) is 39.7 Å². The Morgan fingerprint density at radius 2 is 2.03 bits per heavy atom. The number of hydrogen-bond donors (Lipinski definition) is 1. The van der Waals surface area contributed by atoms with Crippen LogP contribution in [0.5, 0.6) is 5.75 Å². The highest BCUT2D eigenvalue weighted by Gasteiger charge is 2.35. The van der Waals surface area contributed by atoms with E-state index in [4.69, 9.17) is 9.72 Å².